The van der Waals surface area contributed by atoms with Gasteiger partial charge in [-0.25, -0.2) is 0 Å². The van der Waals surface area contributed by atoms with Gasteiger partial charge in [-0.2, -0.15) is 5.11 Å². The fourth-order valence-electron chi connectivity index (χ4n) is 2.29. The molecular formula is C17H20N4O4. The van der Waals surface area contributed by atoms with Crippen LogP contribution in [0.2, 0.25) is 0 Å². The fourth-order valence-corrected chi connectivity index (χ4v) is 2.29. The number of azo groups is 1. The first-order chi connectivity index (χ1) is 12.1. The SMILES string of the molecule is CCN(CCO)c1ccc(/N=N/c2ccc([N+](=O)[O-])cc2OC)cc1. The van der Waals surface area contributed by atoms with E-state index in [1.807, 2.05) is 36.1 Å². The fraction of sp³-hybridized carbons (Fsp3) is 0.294. The van der Waals surface area contributed by atoms with Crippen LogP contribution in [0, 0.1) is 10.1 Å². The Labute approximate surface area is 145 Å². The van der Waals surface area contributed by atoms with E-state index < -0.39 is 4.92 Å². The zero-order valence-corrected chi connectivity index (χ0v) is 14.1. The van der Waals surface area contributed by atoms with Gasteiger partial charge < -0.3 is 14.7 Å². The summed E-state index contributed by atoms with van der Waals surface area (Å²) in [6.07, 6.45) is 0. The largest absolute Gasteiger partial charge is 0.494 e. The van der Waals surface area contributed by atoms with Crippen molar-refractivity contribution >= 4 is 22.7 Å². The molecule has 1 N–H and O–H groups in total. The van der Waals surface area contributed by atoms with Crippen LogP contribution in [-0.4, -0.2) is 36.8 Å². The lowest BCUT2D eigenvalue weighted by Gasteiger charge is -2.21. The number of non-ortho nitro benzene ring substituents is 1. The Kier molecular flexibility index (Phi) is 6.41. The van der Waals surface area contributed by atoms with Crippen molar-refractivity contribution in [1.29, 1.82) is 0 Å². The molecule has 0 amide bonds. The summed E-state index contributed by atoms with van der Waals surface area (Å²) < 4.78 is 5.13. The van der Waals surface area contributed by atoms with Crippen LogP contribution in [0.5, 0.6) is 5.75 Å². The molecule has 0 aliphatic carbocycles. The molecular weight excluding hydrogens is 324 g/mol. The average molecular weight is 344 g/mol. The van der Waals surface area contributed by atoms with E-state index in [2.05, 4.69) is 10.2 Å². The monoisotopic (exact) mass is 344 g/mol. The number of ether oxygens (including phenoxy) is 1. The van der Waals surface area contributed by atoms with Crippen molar-refractivity contribution in [2.75, 3.05) is 31.7 Å². The minimum atomic E-state index is -0.492. The molecule has 0 saturated carbocycles. The third kappa shape index (κ3) is 4.74. The lowest BCUT2D eigenvalue weighted by Crippen LogP contribution is -2.25. The van der Waals surface area contributed by atoms with E-state index in [0.717, 1.165) is 12.2 Å². The maximum atomic E-state index is 10.8. The minimum Gasteiger partial charge on any atom is -0.494 e. The molecule has 0 aliphatic rings. The van der Waals surface area contributed by atoms with Gasteiger partial charge >= 0.3 is 0 Å². The Morgan fingerprint density at radius 1 is 1.20 bits per heavy atom. The van der Waals surface area contributed by atoms with E-state index in [4.69, 9.17) is 9.84 Å². The Hall–Kier alpha value is -3.00. The van der Waals surface area contributed by atoms with E-state index in [1.54, 1.807) is 0 Å². The van der Waals surface area contributed by atoms with Crippen molar-refractivity contribution in [1.82, 2.24) is 0 Å². The molecule has 0 saturated heterocycles. The maximum absolute atomic E-state index is 10.8. The molecule has 8 nitrogen and oxygen atoms in total. The van der Waals surface area contributed by atoms with Gasteiger partial charge in [0.05, 0.1) is 30.4 Å². The molecule has 8 heteroatoms. The number of nitrogens with zero attached hydrogens (tertiary/aromatic N) is 4. The molecule has 0 atom stereocenters. The van der Waals surface area contributed by atoms with Gasteiger partial charge in [-0.3, -0.25) is 10.1 Å². The molecule has 2 rings (SSSR count). The highest BCUT2D eigenvalue weighted by Crippen LogP contribution is 2.32. The van der Waals surface area contributed by atoms with Gasteiger partial charge in [-0.1, -0.05) is 0 Å². The van der Waals surface area contributed by atoms with Crippen molar-refractivity contribution in [3.05, 3.63) is 52.6 Å². The smallest absolute Gasteiger partial charge is 0.273 e. The van der Waals surface area contributed by atoms with Crippen molar-refractivity contribution in [2.45, 2.75) is 6.92 Å². The summed E-state index contributed by atoms with van der Waals surface area (Å²) in [6.45, 7) is 3.47. The van der Waals surface area contributed by atoms with Crippen LogP contribution in [0.4, 0.5) is 22.7 Å². The second-order valence-corrected chi connectivity index (χ2v) is 5.13. The molecule has 0 radical (unpaired) electrons. The molecule has 0 fully saturated rings. The van der Waals surface area contributed by atoms with Gasteiger partial charge in [0, 0.05) is 24.8 Å². The van der Waals surface area contributed by atoms with Crippen molar-refractivity contribution in [3.63, 3.8) is 0 Å². The van der Waals surface area contributed by atoms with Crippen LogP contribution < -0.4 is 9.64 Å². The first kappa shape index (κ1) is 18.3. The number of likely N-dealkylation sites (N-methyl/N-ethyl adjacent to an activating group) is 1. The van der Waals surface area contributed by atoms with Crippen LogP contribution in [0.3, 0.4) is 0 Å². The average Bonchev–Trinajstić information content (AvgIpc) is 2.64. The summed E-state index contributed by atoms with van der Waals surface area (Å²) in [5.74, 6) is 0.287. The highest BCUT2D eigenvalue weighted by atomic mass is 16.6. The molecule has 2 aromatic carbocycles. The number of hydrogen-bond acceptors (Lipinski definition) is 7. The second-order valence-electron chi connectivity index (χ2n) is 5.13. The number of hydrogen-bond donors (Lipinski definition) is 1. The van der Waals surface area contributed by atoms with Gasteiger partial charge in [-0.15, -0.1) is 5.11 Å². The lowest BCUT2D eigenvalue weighted by molar-refractivity contribution is -0.384. The summed E-state index contributed by atoms with van der Waals surface area (Å²) in [4.78, 5) is 12.3. The standard InChI is InChI=1S/C17H20N4O4/c1-3-20(10-11-22)14-6-4-13(5-7-14)18-19-16-9-8-15(21(23)24)12-17(16)25-2/h4-9,12,22H,3,10-11H2,1-2H3/b19-18+. The molecule has 0 bridgehead atoms. The minimum absolute atomic E-state index is 0.0660. The van der Waals surface area contributed by atoms with Crippen LogP contribution in [0.1, 0.15) is 6.92 Å². The van der Waals surface area contributed by atoms with E-state index >= 15 is 0 Å². The molecule has 0 aliphatic heterocycles. The Balaban J connectivity index is 2.17. The highest BCUT2D eigenvalue weighted by Gasteiger charge is 2.11. The van der Waals surface area contributed by atoms with Gasteiger partial charge in [0.15, 0.2) is 5.75 Å². The van der Waals surface area contributed by atoms with Gasteiger partial charge in [0.2, 0.25) is 0 Å². The Morgan fingerprint density at radius 3 is 2.48 bits per heavy atom. The lowest BCUT2D eigenvalue weighted by atomic mass is 10.2. The number of anilines is 1. The molecule has 0 unspecified atom stereocenters. The van der Waals surface area contributed by atoms with Gasteiger partial charge in [0.25, 0.3) is 5.69 Å². The summed E-state index contributed by atoms with van der Waals surface area (Å²) in [5, 5.41) is 28.1. The maximum Gasteiger partial charge on any atom is 0.273 e. The first-order valence-electron chi connectivity index (χ1n) is 7.79. The Bertz CT molecular complexity index is 747. The van der Waals surface area contributed by atoms with E-state index in [0.29, 0.717) is 17.9 Å². The number of aliphatic hydroxyl groups is 1. The molecule has 132 valence electrons. The number of nitro benzene ring substituents is 1. The quantitative estimate of drug-likeness (QED) is 0.445. The predicted octanol–water partition coefficient (Wildman–Crippen LogP) is 3.84. The number of nitro groups is 1. The summed E-state index contributed by atoms with van der Waals surface area (Å²) >= 11 is 0. The summed E-state index contributed by atoms with van der Waals surface area (Å²) in [5.41, 5.74) is 1.98. The van der Waals surface area contributed by atoms with Gasteiger partial charge in [0.1, 0.15) is 5.69 Å². The number of aliphatic hydroxyl groups excluding tert-OH is 1. The zero-order chi connectivity index (χ0) is 18.2. The van der Waals surface area contributed by atoms with Crippen molar-refractivity contribution in [2.24, 2.45) is 10.2 Å². The second kappa shape index (κ2) is 8.74. The summed E-state index contributed by atoms with van der Waals surface area (Å²) in [7, 11) is 1.42. The van der Waals surface area contributed by atoms with E-state index in [-0.39, 0.29) is 18.0 Å². The predicted molar refractivity (Wildman–Crippen MR) is 95.2 cm³/mol. The topological polar surface area (TPSA) is 101 Å². The number of methoxy groups -OCH3 is 1. The Morgan fingerprint density at radius 2 is 1.92 bits per heavy atom. The van der Waals surface area contributed by atoms with Gasteiger partial charge in [-0.05, 0) is 37.3 Å². The molecule has 0 heterocycles. The van der Waals surface area contributed by atoms with Crippen LogP contribution in [0.15, 0.2) is 52.7 Å². The third-order valence-electron chi connectivity index (χ3n) is 3.61. The van der Waals surface area contributed by atoms with E-state index in [9.17, 15) is 10.1 Å². The first-order valence-corrected chi connectivity index (χ1v) is 7.79. The third-order valence-corrected chi connectivity index (χ3v) is 3.61. The summed E-state index contributed by atoms with van der Waals surface area (Å²) in [6, 6.07) is 11.6. The zero-order valence-electron chi connectivity index (χ0n) is 14.1. The van der Waals surface area contributed by atoms with Crippen LogP contribution >= 0.6 is 0 Å². The number of rotatable bonds is 8. The highest BCUT2D eigenvalue weighted by molar-refractivity contribution is 5.57. The van der Waals surface area contributed by atoms with Crippen molar-refractivity contribution < 1.29 is 14.8 Å². The number of benzene rings is 2. The van der Waals surface area contributed by atoms with Crippen LogP contribution in [-0.2, 0) is 0 Å². The van der Waals surface area contributed by atoms with Crippen molar-refractivity contribution in [3.8, 4) is 5.75 Å². The molecule has 0 aromatic heterocycles. The molecule has 2 aromatic rings. The van der Waals surface area contributed by atoms with E-state index in [1.165, 1.54) is 25.3 Å². The molecule has 25 heavy (non-hydrogen) atoms. The molecule has 0 spiro atoms. The normalized spacial score (nSPS) is 10.8. The van der Waals surface area contributed by atoms with Crippen LogP contribution in [0.25, 0.3) is 0 Å².